The van der Waals surface area contributed by atoms with Gasteiger partial charge in [-0.1, -0.05) is 26.2 Å². The molecule has 1 aliphatic carbocycles. The highest BCUT2D eigenvalue weighted by Crippen LogP contribution is 2.28. The Bertz CT molecular complexity index is 229. The van der Waals surface area contributed by atoms with Gasteiger partial charge >= 0.3 is 0 Å². The molecule has 0 aromatic heterocycles. The molecule has 1 saturated carbocycles. The van der Waals surface area contributed by atoms with Crippen molar-refractivity contribution in [3.63, 3.8) is 0 Å². The highest BCUT2D eigenvalue weighted by Gasteiger charge is 2.27. The summed E-state index contributed by atoms with van der Waals surface area (Å²) in [4.78, 5) is 2.82. The Kier molecular flexibility index (Phi) is 5.50. The van der Waals surface area contributed by atoms with Crippen molar-refractivity contribution >= 4 is 0 Å². The molecule has 2 rings (SSSR count). The van der Waals surface area contributed by atoms with Crippen LogP contribution in [0.25, 0.3) is 0 Å². The van der Waals surface area contributed by atoms with Gasteiger partial charge in [0.25, 0.3) is 0 Å². The van der Waals surface area contributed by atoms with E-state index in [4.69, 9.17) is 0 Å². The second-order valence-corrected chi connectivity index (χ2v) is 6.76. The van der Waals surface area contributed by atoms with E-state index in [2.05, 4.69) is 31.0 Å². The second kappa shape index (κ2) is 6.91. The SMILES string of the molecule is CC1CCN(C2CCCCCC2C)CCC(C)N1. The van der Waals surface area contributed by atoms with Gasteiger partial charge in [0.1, 0.15) is 0 Å². The Labute approximate surface area is 114 Å². The monoisotopic (exact) mass is 252 g/mol. The molecule has 1 aliphatic heterocycles. The van der Waals surface area contributed by atoms with E-state index < -0.39 is 0 Å². The molecule has 1 heterocycles. The maximum Gasteiger partial charge on any atom is 0.0121 e. The van der Waals surface area contributed by atoms with Gasteiger partial charge < -0.3 is 10.2 Å². The topological polar surface area (TPSA) is 15.3 Å². The molecule has 2 nitrogen and oxygen atoms in total. The Morgan fingerprint density at radius 1 is 0.778 bits per heavy atom. The molecule has 4 atom stereocenters. The largest absolute Gasteiger partial charge is 0.312 e. The number of rotatable bonds is 1. The lowest BCUT2D eigenvalue weighted by Crippen LogP contribution is -2.47. The van der Waals surface area contributed by atoms with E-state index in [-0.39, 0.29) is 0 Å². The minimum Gasteiger partial charge on any atom is -0.312 e. The van der Waals surface area contributed by atoms with E-state index in [9.17, 15) is 0 Å². The van der Waals surface area contributed by atoms with Crippen LogP contribution in [0.3, 0.4) is 0 Å². The molecule has 0 spiro atoms. The van der Waals surface area contributed by atoms with Crippen molar-refractivity contribution in [3.8, 4) is 0 Å². The van der Waals surface area contributed by atoms with Crippen molar-refractivity contribution in [2.24, 2.45) is 5.92 Å². The number of nitrogens with zero attached hydrogens (tertiary/aromatic N) is 1. The first kappa shape index (κ1) is 14.3. The quantitative estimate of drug-likeness (QED) is 0.719. The lowest BCUT2D eigenvalue weighted by atomic mass is 9.94. The number of hydrogen-bond donors (Lipinski definition) is 1. The molecule has 0 radical (unpaired) electrons. The van der Waals surface area contributed by atoms with Gasteiger partial charge in [-0.2, -0.15) is 0 Å². The smallest absolute Gasteiger partial charge is 0.0121 e. The van der Waals surface area contributed by atoms with Crippen molar-refractivity contribution in [3.05, 3.63) is 0 Å². The normalized spacial score (nSPS) is 40.8. The van der Waals surface area contributed by atoms with E-state index in [0.717, 1.165) is 12.0 Å². The van der Waals surface area contributed by atoms with E-state index in [0.29, 0.717) is 12.1 Å². The van der Waals surface area contributed by atoms with Gasteiger partial charge in [0.2, 0.25) is 0 Å². The average Bonchev–Trinajstić information content (AvgIpc) is 2.52. The molecule has 2 heteroatoms. The predicted octanol–water partition coefficient (Wildman–Crippen LogP) is 3.42. The maximum atomic E-state index is 3.70. The average molecular weight is 252 g/mol. The van der Waals surface area contributed by atoms with Crippen LogP contribution in [0.2, 0.25) is 0 Å². The van der Waals surface area contributed by atoms with E-state index in [1.54, 1.807) is 0 Å². The van der Waals surface area contributed by atoms with Crippen molar-refractivity contribution in [1.82, 2.24) is 10.2 Å². The fourth-order valence-corrected chi connectivity index (χ4v) is 3.83. The zero-order valence-corrected chi connectivity index (χ0v) is 12.6. The van der Waals surface area contributed by atoms with Gasteiger partial charge in [-0.05, 0) is 58.5 Å². The highest BCUT2D eigenvalue weighted by molar-refractivity contribution is 4.83. The predicted molar refractivity (Wildman–Crippen MR) is 78.9 cm³/mol. The van der Waals surface area contributed by atoms with Crippen LogP contribution in [-0.2, 0) is 0 Å². The molecule has 2 aliphatic rings. The maximum absolute atomic E-state index is 3.70. The summed E-state index contributed by atoms with van der Waals surface area (Å²) in [5, 5.41) is 3.70. The zero-order chi connectivity index (χ0) is 13.0. The first-order chi connectivity index (χ1) is 8.66. The van der Waals surface area contributed by atoms with Crippen molar-refractivity contribution in [2.75, 3.05) is 13.1 Å². The van der Waals surface area contributed by atoms with Crippen LogP contribution in [0.15, 0.2) is 0 Å². The Hall–Kier alpha value is -0.0800. The molecule has 0 bridgehead atoms. The van der Waals surface area contributed by atoms with Gasteiger partial charge in [-0.3, -0.25) is 0 Å². The summed E-state index contributed by atoms with van der Waals surface area (Å²) in [6.45, 7) is 9.78. The van der Waals surface area contributed by atoms with Crippen LogP contribution in [0.4, 0.5) is 0 Å². The fourth-order valence-electron chi connectivity index (χ4n) is 3.83. The minimum atomic E-state index is 0.684. The van der Waals surface area contributed by atoms with Gasteiger partial charge in [-0.25, -0.2) is 0 Å². The standard InChI is InChI=1S/C16H32N2/c1-13-7-5-4-6-8-16(13)18-11-9-14(2)17-15(3)10-12-18/h13-17H,4-12H2,1-3H3. The van der Waals surface area contributed by atoms with E-state index in [1.807, 2.05) is 0 Å². The molecule has 2 fully saturated rings. The summed E-state index contributed by atoms with van der Waals surface area (Å²) >= 11 is 0. The molecule has 1 N–H and O–H groups in total. The molecule has 18 heavy (non-hydrogen) atoms. The summed E-state index contributed by atoms with van der Waals surface area (Å²) in [6, 6.07) is 2.23. The Morgan fingerprint density at radius 3 is 2.06 bits per heavy atom. The van der Waals surface area contributed by atoms with Crippen molar-refractivity contribution in [2.45, 2.75) is 83.8 Å². The van der Waals surface area contributed by atoms with Gasteiger partial charge in [0.05, 0.1) is 0 Å². The van der Waals surface area contributed by atoms with Crippen LogP contribution in [0.5, 0.6) is 0 Å². The molecular formula is C16H32N2. The van der Waals surface area contributed by atoms with Gasteiger partial charge in [-0.15, -0.1) is 0 Å². The van der Waals surface area contributed by atoms with Crippen molar-refractivity contribution in [1.29, 1.82) is 0 Å². The van der Waals surface area contributed by atoms with Gasteiger partial charge in [0.15, 0.2) is 0 Å². The van der Waals surface area contributed by atoms with Crippen LogP contribution in [0.1, 0.15) is 65.7 Å². The molecule has 1 saturated heterocycles. The molecular weight excluding hydrogens is 220 g/mol. The fraction of sp³-hybridized carbons (Fsp3) is 1.00. The number of hydrogen-bond acceptors (Lipinski definition) is 2. The van der Waals surface area contributed by atoms with Crippen LogP contribution in [-0.4, -0.2) is 36.1 Å². The van der Waals surface area contributed by atoms with Gasteiger partial charge in [0, 0.05) is 18.1 Å². The third-order valence-electron chi connectivity index (χ3n) is 5.05. The number of nitrogens with one attached hydrogen (secondary N) is 1. The van der Waals surface area contributed by atoms with Crippen molar-refractivity contribution < 1.29 is 0 Å². The lowest BCUT2D eigenvalue weighted by Gasteiger charge is -2.38. The molecule has 106 valence electrons. The Balaban J connectivity index is 1.96. The van der Waals surface area contributed by atoms with E-state index in [1.165, 1.54) is 58.0 Å². The molecule has 0 aromatic carbocycles. The van der Waals surface area contributed by atoms with Crippen LogP contribution >= 0.6 is 0 Å². The van der Waals surface area contributed by atoms with E-state index >= 15 is 0 Å². The summed E-state index contributed by atoms with van der Waals surface area (Å²) in [5.41, 5.74) is 0. The summed E-state index contributed by atoms with van der Waals surface area (Å²) in [6.07, 6.45) is 9.89. The summed E-state index contributed by atoms with van der Waals surface area (Å²) < 4.78 is 0. The minimum absolute atomic E-state index is 0.684. The first-order valence-corrected chi connectivity index (χ1v) is 8.17. The molecule has 4 unspecified atom stereocenters. The molecule has 0 aromatic rings. The van der Waals surface area contributed by atoms with Crippen LogP contribution < -0.4 is 5.32 Å². The second-order valence-electron chi connectivity index (χ2n) is 6.76. The lowest BCUT2D eigenvalue weighted by molar-refractivity contribution is 0.118. The summed E-state index contributed by atoms with van der Waals surface area (Å²) in [7, 11) is 0. The van der Waals surface area contributed by atoms with Crippen LogP contribution in [0, 0.1) is 5.92 Å². The first-order valence-electron chi connectivity index (χ1n) is 8.17. The Morgan fingerprint density at radius 2 is 1.39 bits per heavy atom. The third kappa shape index (κ3) is 3.96. The summed E-state index contributed by atoms with van der Waals surface area (Å²) in [5.74, 6) is 0.908. The third-order valence-corrected chi connectivity index (χ3v) is 5.05. The highest BCUT2D eigenvalue weighted by atomic mass is 15.2. The molecule has 0 amide bonds. The zero-order valence-electron chi connectivity index (χ0n) is 12.6.